The molecule has 4 nitrogen and oxygen atoms in total. The monoisotopic (exact) mass is 257 g/mol. The number of hydrogen-bond acceptors (Lipinski definition) is 3. The van der Waals surface area contributed by atoms with E-state index in [2.05, 4.69) is 42.3 Å². The number of anilines is 1. The van der Waals surface area contributed by atoms with Gasteiger partial charge < -0.3 is 10.2 Å². The fourth-order valence-corrected chi connectivity index (χ4v) is 2.51. The number of hydrogen-bond donors (Lipinski definition) is 1. The van der Waals surface area contributed by atoms with Crippen molar-refractivity contribution < 1.29 is 4.79 Å². The predicted octanol–water partition coefficient (Wildman–Crippen LogP) is 1.86. The van der Waals surface area contributed by atoms with E-state index in [1.807, 2.05) is 12.1 Å². The van der Waals surface area contributed by atoms with E-state index in [-0.39, 0.29) is 24.4 Å². The summed E-state index contributed by atoms with van der Waals surface area (Å²) in [5.41, 5.74) is 2.29. The molecular weight excluding hydrogens is 238 g/mol. The van der Waals surface area contributed by atoms with E-state index in [4.69, 9.17) is 5.26 Å². The van der Waals surface area contributed by atoms with Crippen LogP contribution < -0.4 is 10.2 Å². The third-order valence-corrected chi connectivity index (χ3v) is 3.61. The summed E-state index contributed by atoms with van der Waals surface area (Å²) in [6, 6.07) is 10.2. The largest absolute Gasteiger partial charge is 0.354 e. The topological polar surface area (TPSA) is 56.1 Å². The molecule has 1 saturated heterocycles. The number of aryl methyl sites for hydroxylation is 1. The second-order valence-electron chi connectivity index (χ2n) is 4.90. The van der Waals surface area contributed by atoms with Crippen molar-refractivity contribution in [1.82, 2.24) is 5.32 Å². The van der Waals surface area contributed by atoms with Crippen LogP contribution in [0.4, 0.5) is 5.69 Å². The van der Waals surface area contributed by atoms with Gasteiger partial charge in [-0.15, -0.1) is 0 Å². The lowest BCUT2D eigenvalue weighted by atomic mass is 10.0. The SMILES string of the molecule is CCc1ccc(N2C(C)CNC(=O)C2CC#N)cc1. The highest BCUT2D eigenvalue weighted by molar-refractivity contribution is 5.87. The van der Waals surface area contributed by atoms with Gasteiger partial charge in [0.2, 0.25) is 5.91 Å². The summed E-state index contributed by atoms with van der Waals surface area (Å²) in [6.07, 6.45) is 1.21. The average molecular weight is 257 g/mol. The van der Waals surface area contributed by atoms with Gasteiger partial charge >= 0.3 is 0 Å². The molecule has 100 valence electrons. The van der Waals surface area contributed by atoms with E-state index >= 15 is 0 Å². The van der Waals surface area contributed by atoms with Crippen molar-refractivity contribution in [3.8, 4) is 6.07 Å². The molecular formula is C15H19N3O. The number of rotatable bonds is 3. The van der Waals surface area contributed by atoms with Gasteiger partial charge in [-0.3, -0.25) is 4.79 Å². The molecule has 2 unspecified atom stereocenters. The van der Waals surface area contributed by atoms with Crippen LogP contribution in [0.25, 0.3) is 0 Å². The smallest absolute Gasteiger partial charge is 0.243 e. The zero-order valence-electron chi connectivity index (χ0n) is 11.4. The van der Waals surface area contributed by atoms with Crippen molar-refractivity contribution in [3.05, 3.63) is 29.8 Å². The fraction of sp³-hybridized carbons (Fsp3) is 0.467. The van der Waals surface area contributed by atoms with Gasteiger partial charge in [-0.05, 0) is 31.0 Å². The molecule has 19 heavy (non-hydrogen) atoms. The van der Waals surface area contributed by atoms with Gasteiger partial charge in [0, 0.05) is 18.3 Å². The van der Waals surface area contributed by atoms with Crippen LogP contribution in [-0.4, -0.2) is 24.5 Å². The number of carbonyl (C=O) groups excluding carboxylic acids is 1. The molecule has 1 aliphatic heterocycles. The molecule has 0 bridgehead atoms. The van der Waals surface area contributed by atoms with Gasteiger partial charge in [0.05, 0.1) is 12.5 Å². The maximum Gasteiger partial charge on any atom is 0.243 e. The Hall–Kier alpha value is -2.02. The second kappa shape index (κ2) is 5.75. The van der Waals surface area contributed by atoms with E-state index in [0.29, 0.717) is 6.54 Å². The zero-order valence-corrected chi connectivity index (χ0v) is 11.4. The van der Waals surface area contributed by atoms with Crippen LogP contribution in [0.1, 0.15) is 25.8 Å². The van der Waals surface area contributed by atoms with Crippen molar-refractivity contribution in [2.45, 2.75) is 38.8 Å². The molecule has 0 aliphatic carbocycles. The van der Waals surface area contributed by atoms with Crippen LogP contribution in [0.2, 0.25) is 0 Å². The number of carbonyl (C=O) groups is 1. The number of nitrogens with zero attached hydrogens (tertiary/aromatic N) is 2. The number of nitrogens with one attached hydrogen (secondary N) is 1. The summed E-state index contributed by atoms with van der Waals surface area (Å²) in [5.74, 6) is -0.0563. The second-order valence-corrected chi connectivity index (χ2v) is 4.90. The maximum atomic E-state index is 11.9. The Morgan fingerprint density at radius 3 is 2.68 bits per heavy atom. The maximum absolute atomic E-state index is 11.9. The highest BCUT2D eigenvalue weighted by Crippen LogP contribution is 2.24. The Labute approximate surface area is 114 Å². The lowest BCUT2D eigenvalue weighted by molar-refractivity contribution is -0.123. The quantitative estimate of drug-likeness (QED) is 0.899. The van der Waals surface area contributed by atoms with Gasteiger partial charge in [-0.2, -0.15) is 5.26 Å². The molecule has 0 saturated carbocycles. The fourth-order valence-electron chi connectivity index (χ4n) is 2.51. The minimum absolute atomic E-state index is 0.0563. The van der Waals surface area contributed by atoms with Crippen LogP contribution in [0.5, 0.6) is 0 Å². The Morgan fingerprint density at radius 2 is 2.11 bits per heavy atom. The van der Waals surface area contributed by atoms with Crippen molar-refractivity contribution in [2.24, 2.45) is 0 Å². The van der Waals surface area contributed by atoms with Gasteiger partial charge in [0.25, 0.3) is 0 Å². The van der Waals surface area contributed by atoms with Crippen LogP contribution in [-0.2, 0) is 11.2 Å². The van der Waals surface area contributed by atoms with Crippen LogP contribution in [0.3, 0.4) is 0 Å². The highest BCUT2D eigenvalue weighted by atomic mass is 16.2. The van der Waals surface area contributed by atoms with E-state index in [1.165, 1.54) is 5.56 Å². The summed E-state index contributed by atoms with van der Waals surface area (Å²) in [7, 11) is 0. The Morgan fingerprint density at radius 1 is 1.42 bits per heavy atom. The molecule has 1 aromatic carbocycles. The summed E-state index contributed by atoms with van der Waals surface area (Å²) < 4.78 is 0. The first-order valence-corrected chi connectivity index (χ1v) is 6.69. The minimum atomic E-state index is -0.388. The first-order valence-electron chi connectivity index (χ1n) is 6.69. The predicted molar refractivity (Wildman–Crippen MR) is 74.8 cm³/mol. The van der Waals surface area contributed by atoms with Gasteiger partial charge in [-0.25, -0.2) is 0 Å². The molecule has 4 heteroatoms. The van der Waals surface area contributed by atoms with Crippen molar-refractivity contribution in [2.75, 3.05) is 11.4 Å². The molecule has 1 fully saturated rings. The first kappa shape index (κ1) is 13.4. The molecule has 1 heterocycles. The normalized spacial score (nSPS) is 22.8. The molecule has 2 rings (SSSR count). The molecule has 0 spiro atoms. The molecule has 0 radical (unpaired) electrons. The van der Waals surface area contributed by atoms with Crippen molar-refractivity contribution in [1.29, 1.82) is 5.26 Å². The average Bonchev–Trinajstić information content (AvgIpc) is 2.44. The summed E-state index contributed by atoms with van der Waals surface area (Å²) in [4.78, 5) is 14.0. The van der Waals surface area contributed by atoms with Crippen molar-refractivity contribution in [3.63, 3.8) is 0 Å². The van der Waals surface area contributed by atoms with E-state index in [9.17, 15) is 4.79 Å². The lowest BCUT2D eigenvalue weighted by Crippen LogP contribution is -2.59. The van der Waals surface area contributed by atoms with Gasteiger partial charge in [0.1, 0.15) is 6.04 Å². The van der Waals surface area contributed by atoms with E-state index in [1.54, 1.807) is 0 Å². The Bertz CT molecular complexity index is 489. The molecule has 2 atom stereocenters. The van der Waals surface area contributed by atoms with Gasteiger partial charge in [-0.1, -0.05) is 19.1 Å². The number of benzene rings is 1. The minimum Gasteiger partial charge on any atom is -0.354 e. The molecule has 1 N–H and O–H groups in total. The lowest BCUT2D eigenvalue weighted by Gasteiger charge is -2.41. The summed E-state index contributed by atoms with van der Waals surface area (Å²) in [6.45, 7) is 4.80. The first-order chi connectivity index (χ1) is 9.17. The standard InChI is InChI=1S/C15H19N3O/c1-3-12-4-6-13(7-5-12)18-11(2)10-17-15(19)14(18)8-9-16/h4-7,11,14H,3,8,10H2,1-2H3,(H,17,19). The van der Waals surface area contributed by atoms with Crippen LogP contribution in [0.15, 0.2) is 24.3 Å². The number of amides is 1. The third kappa shape index (κ3) is 2.70. The van der Waals surface area contributed by atoms with Crippen molar-refractivity contribution >= 4 is 11.6 Å². The van der Waals surface area contributed by atoms with Gasteiger partial charge in [0.15, 0.2) is 0 Å². The van der Waals surface area contributed by atoms with E-state index in [0.717, 1.165) is 12.1 Å². The Kier molecular flexibility index (Phi) is 4.06. The van der Waals surface area contributed by atoms with Crippen LogP contribution >= 0.6 is 0 Å². The third-order valence-electron chi connectivity index (χ3n) is 3.61. The highest BCUT2D eigenvalue weighted by Gasteiger charge is 2.33. The van der Waals surface area contributed by atoms with Crippen LogP contribution in [0, 0.1) is 11.3 Å². The molecule has 1 aliphatic rings. The summed E-state index contributed by atoms with van der Waals surface area (Å²) in [5, 5.41) is 11.8. The number of piperazine rings is 1. The Balaban J connectivity index is 2.31. The molecule has 1 amide bonds. The number of nitriles is 1. The molecule has 0 aromatic heterocycles. The molecule has 1 aromatic rings. The summed E-state index contributed by atoms with van der Waals surface area (Å²) >= 11 is 0. The van der Waals surface area contributed by atoms with E-state index < -0.39 is 0 Å². The zero-order chi connectivity index (χ0) is 13.8.